The number of rotatable bonds is 9. The SMILES string of the molecule is Cc1ccc(C=CC(=O)N(Cc2ccc(N3CCOCC3)cc2)C(Cc2ccccc2)C(=O)N2CCc3ccccc3C2)cn1. The number of carbonyl (C=O) groups is 2. The van der Waals surface area contributed by atoms with Gasteiger partial charge in [0, 0.05) is 62.8 Å². The second-order valence-corrected chi connectivity index (χ2v) is 11.8. The van der Waals surface area contributed by atoms with Crippen molar-refractivity contribution in [1.29, 1.82) is 0 Å². The number of carbonyl (C=O) groups excluding carboxylic acids is 2. The van der Waals surface area contributed by atoms with E-state index in [4.69, 9.17) is 4.74 Å². The molecule has 4 aromatic rings. The molecule has 0 bridgehead atoms. The van der Waals surface area contributed by atoms with Gasteiger partial charge in [-0.1, -0.05) is 72.8 Å². The van der Waals surface area contributed by atoms with Crippen molar-refractivity contribution >= 4 is 23.6 Å². The van der Waals surface area contributed by atoms with Crippen molar-refractivity contribution in [2.75, 3.05) is 37.7 Å². The highest BCUT2D eigenvalue weighted by atomic mass is 16.5. The van der Waals surface area contributed by atoms with Gasteiger partial charge in [0.1, 0.15) is 6.04 Å². The highest BCUT2D eigenvalue weighted by Gasteiger charge is 2.34. The Kier molecular flexibility index (Phi) is 9.66. The van der Waals surface area contributed by atoms with Crippen LogP contribution in [0.3, 0.4) is 0 Å². The van der Waals surface area contributed by atoms with Crippen LogP contribution in [0.2, 0.25) is 0 Å². The lowest BCUT2D eigenvalue weighted by atomic mass is 9.97. The van der Waals surface area contributed by atoms with Crippen LogP contribution in [-0.4, -0.2) is 65.5 Å². The van der Waals surface area contributed by atoms with E-state index >= 15 is 0 Å². The minimum atomic E-state index is -0.676. The summed E-state index contributed by atoms with van der Waals surface area (Å²) in [7, 11) is 0. The van der Waals surface area contributed by atoms with Crippen LogP contribution >= 0.6 is 0 Å². The molecular weight excluding hydrogens is 560 g/mol. The van der Waals surface area contributed by atoms with Gasteiger partial charge in [-0.25, -0.2) is 0 Å². The van der Waals surface area contributed by atoms with E-state index in [2.05, 4.69) is 52.3 Å². The van der Waals surface area contributed by atoms with Crippen LogP contribution in [0.25, 0.3) is 6.08 Å². The van der Waals surface area contributed by atoms with Gasteiger partial charge in [0.25, 0.3) is 0 Å². The van der Waals surface area contributed by atoms with Crippen LogP contribution in [-0.2, 0) is 40.3 Å². The van der Waals surface area contributed by atoms with E-state index in [1.165, 1.54) is 11.1 Å². The highest BCUT2D eigenvalue weighted by Crippen LogP contribution is 2.24. The molecule has 7 heteroatoms. The molecule has 45 heavy (non-hydrogen) atoms. The summed E-state index contributed by atoms with van der Waals surface area (Å²) in [5.41, 5.74) is 7.32. The lowest BCUT2D eigenvalue weighted by molar-refractivity contribution is -0.144. The largest absolute Gasteiger partial charge is 0.378 e. The Morgan fingerprint density at radius 1 is 0.867 bits per heavy atom. The molecule has 2 amide bonds. The lowest BCUT2D eigenvalue weighted by Crippen LogP contribution is -2.52. The van der Waals surface area contributed by atoms with Crippen molar-refractivity contribution in [2.45, 2.75) is 38.9 Å². The summed E-state index contributed by atoms with van der Waals surface area (Å²) in [5, 5.41) is 0. The summed E-state index contributed by atoms with van der Waals surface area (Å²) < 4.78 is 5.52. The van der Waals surface area contributed by atoms with Crippen LogP contribution < -0.4 is 4.90 Å². The summed E-state index contributed by atoms with van der Waals surface area (Å²) >= 11 is 0. The topological polar surface area (TPSA) is 66.0 Å². The van der Waals surface area contributed by atoms with Gasteiger partial charge in [-0.3, -0.25) is 14.6 Å². The number of pyridine rings is 1. The molecule has 0 spiro atoms. The van der Waals surface area contributed by atoms with Crippen molar-refractivity contribution in [3.63, 3.8) is 0 Å². The fraction of sp³-hybridized carbons (Fsp3) is 0.289. The fourth-order valence-electron chi connectivity index (χ4n) is 6.08. The molecule has 0 radical (unpaired) electrons. The monoisotopic (exact) mass is 600 g/mol. The molecule has 1 fully saturated rings. The van der Waals surface area contributed by atoms with E-state index < -0.39 is 6.04 Å². The number of fused-ring (bicyclic) bond motifs is 1. The van der Waals surface area contributed by atoms with Gasteiger partial charge in [-0.05, 0) is 65.4 Å². The molecular formula is C38H40N4O3. The quantitative estimate of drug-likeness (QED) is 0.239. The number of morpholine rings is 1. The first-order valence-electron chi connectivity index (χ1n) is 15.8. The normalized spacial score (nSPS) is 15.5. The van der Waals surface area contributed by atoms with Crippen LogP contribution in [0.5, 0.6) is 0 Å². The van der Waals surface area contributed by atoms with Crippen LogP contribution in [0.1, 0.15) is 33.5 Å². The van der Waals surface area contributed by atoms with Crippen molar-refractivity contribution in [3.8, 4) is 0 Å². The first kappa shape index (κ1) is 30.3. The van der Waals surface area contributed by atoms with E-state index in [9.17, 15) is 9.59 Å². The van der Waals surface area contributed by atoms with Gasteiger partial charge in [0.2, 0.25) is 11.8 Å². The number of aromatic nitrogens is 1. The molecule has 2 aliphatic rings. The van der Waals surface area contributed by atoms with Gasteiger partial charge in [0.05, 0.1) is 13.2 Å². The second kappa shape index (κ2) is 14.4. The molecule has 7 nitrogen and oxygen atoms in total. The Labute approximate surface area is 265 Å². The Morgan fingerprint density at radius 2 is 1.60 bits per heavy atom. The zero-order valence-electron chi connectivity index (χ0n) is 25.8. The number of aryl methyl sites for hydroxylation is 1. The number of benzene rings is 3. The van der Waals surface area contributed by atoms with E-state index in [0.717, 1.165) is 60.8 Å². The fourth-order valence-corrected chi connectivity index (χ4v) is 6.08. The molecule has 230 valence electrons. The summed E-state index contributed by atoms with van der Waals surface area (Å²) in [5.74, 6) is -0.239. The van der Waals surface area contributed by atoms with Gasteiger partial charge in [-0.15, -0.1) is 0 Å². The maximum Gasteiger partial charge on any atom is 0.247 e. The number of anilines is 1. The number of ether oxygens (including phenoxy) is 1. The minimum Gasteiger partial charge on any atom is -0.378 e. The summed E-state index contributed by atoms with van der Waals surface area (Å²) in [6.07, 6.45) is 6.34. The molecule has 2 aliphatic heterocycles. The van der Waals surface area contributed by atoms with Crippen molar-refractivity contribution in [1.82, 2.24) is 14.8 Å². The van der Waals surface area contributed by atoms with Crippen LogP contribution in [0.4, 0.5) is 5.69 Å². The molecule has 6 rings (SSSR count). The average molecular weight is 601 g/mol. The maximum absolute atomic E-state index is 14.5. The molecule has 1 atom stereocenters. The molecule has 0 N–H and O–H groups in total. The highest BCUT2D eigenvalue weighted by molar-refractivity contribution is 5.95. The average Bonchev–Trinajstić information content (AvgIpc) is 3.10. The third-order valence-electron chi connectivity index (χ3n) is 8.68. The zero-order chi connectivity index (χ0) is 31.0. The standard InChI is InChI=1S/C38H40N4O3/c1-29-11-12-31(26-39-29)15-18-37(43)42(27-32-13-16-35(17-14-32)40-21-23-45-24-22-40)36(25-30-7-3-2-4-8-30)38(44)41-20-19-33-9-5-6-10-34(33)28-41/h2-18,26,36H,19-25,27-28H2,1H3. The minimum absolute atomic E-state index is 0.0305. The molecule has 0 aliphatic carbocycles. The van der Waals surface area contributed by atoms with E-state index in [1.807, 2.05) is 60.4 Å². The van der Waals surface area contributed by atoms with E-state index in [0.29, 0.717) is 26.1 Å². The Morgan fingerprint density at radius 3 is 2.33 bits per heavy atom. The molecule has 3 heterocycles. The number of amides is 2. The van der Waals surface area contributed by atoms with Crippen molar-refractivity contribution in [3.05, 3.63) is 137 Å². The number of hydrogen-bond acceptors (Lipinski definition) is 5. The number of nitrogens with zero attached hydrogens (tertiary/aromatic N) is 4. The zero-order valence-corrected chi connectivity index (χ0v) is 25.8. The molecule has 3 aromatic carbocycles. The second-order valence-electron chi connectivity index (χ2n) is 11.8. The molecule has 0 saturated carbocycles. The van der Waals surface area contributed by atoms with Gasteiger partial charge < -0.3 is 19.4 Å². The Bertz CT molecular complexity index is 1610. The van der Waals surface area contributed by atoms with Gasteiger partial charge in [0.15, 0.2) is 0 Å². The van der Waals surface area contributed by atoms with Crippen LogP contribution in [0.15, 0.2) is 103 Å². The van der Waals surface area contributed by atoms with E-state index in [1.54, 1.807) is 23.2 Å². The van der Waals surface area contributed by atoms with Crippen molar-refractivity contribution < 1.29 is 14.3 Å². The smallest absolute Gasteiger partial charge is 0.247 e. The van der Waals surface area contributed by atoms with E-state index in [-0.39, 0.29) is 11.8 Å². The predicted octanol–water partition coefficient (Wildman–Crippen LogP) is 5.46. The third-order valence-corrected chi connectivity index (χ3v) is 8.68. The summed E-state index contributed by atoms with van der Waals surface area (Å²) in [6, 6.07) is 29.8. The van der Waals surface area contributed by atoms with Crippen molar-refractivity contribution in [2.24, 2.45) is 0 Å². The maximum atomic E-state index is 14.5. The first-order valence-corrected chi connectivity index (χ1v) is 15.8. The number of hydrogen-bond donors (Lipinski definition) is 0. The summed E-state index contributed by atoms with van der Waals surface area (Å²) in [4.78, 5) is 39.0. The Hall–Kier alpha value is -4.75. The van der Waals surface area contributed by atoms with Gasteiger partial charge in [-0.2, -0.15) is 0 Å². The van der Waals surface area contributed by atoms with Gasteiger partial charge >= 0.3 is 0 Å². The molecule has 1 aromatic heterocycles. The molecule has 1 saturated heterocycles. The summed E-state index contributed by atoms with van der Waals surface area (Å²) in [6.45, 7) is 6.57. The third kappa shape index (κ3) is 7.67. The lowest BCUT2D eigenvalue weighted by Gasteiger charge is -2.37. The first-order chi connectivity index (χ1) is 22.0. The van der Waals surface area contributed by atoms with Crippen LogP contribution in [0, 0.1) is 6.92 Å². The molecule has 1 unspecified atom stereocenters. The predicted molar refractivity (Wildman–Crippen MR) is 178 cm³/mol. The Balaban J connectivity index is 1.32.